The molecule has 0 bridgehead atoms. The van der Waals surface area contributed by atoms with Crippen LogP contribution >= 0.6 is 0 Å². The van der Waals surface area contributed by atoms with E-state index in [1.54, 1.807) is 19.2 Å². The molecule has 0 saturated carbocycles. The summed E-state index contributed by atoms with van der Waals surface area (Å²) < 4.78 is 5.16. The van der Waals surface area contributed by atoms with Crippen LogP contribution in [0.3, 0.4) is 0 Å². The third-order valence-electron chi connectivity index (χ3n) is 2.52. The van der Waals surface area contributed by atoms with Crippen LogP contribution in [-0.4, -0.2) is 18.2 Å². The van der Waals surface area contributed by atoms with Gasteiger partial charge in [0.05, 0.1) is 18.2 Å². The molecule has 1 aromatic rings. The van der Waals surface area contributed by atoms with Gasteiger partial charge in [0.15, 0.2) is 0 Å². The van der Waals surface area contributed by atoms with E-state index in [9.17, 15) is 4.79 Å². The predicted molar refractivity (Wildman–Crippen MR) is 70.9 cm³/mol. The van der Waals surface area contributed by atoms with Crippen molar-refractivity contribution in [3.8, 4) is 17.6 Å². The molecule has 0 spiro atoms. The minimum Gasteiger partial charge on any atom is -0.495 e. The number of benzene rings is 1. The molecule has 0 aliphatic carbocycles. The van der Waals surface area contributed by atoms with Crippen molar-refractivity contribution in [3.05, 3.63) is 29.3 Å². The van der Waals surface area contributed by atoms with Crippen molar-refractivity contribution in [2.45, 2.75) is 26.7 Å². The lowest BCUT2D eigenvalue weighted by molar-refractivity contribution is 0.0697. The second kappa shape index (κ2) is 6.70. The van der Waals surface area contributed by atoms with Crippen LogP contribution in [-0.2, 0) is 0 Å². The van der Waals surface area contributed by atoms with Crippen LogP contribution in [0.1, 0.15) is 42.6 Å². The van der Waals surface area contributed by atoms with Crippen LogP contribution in [0, 0.1) is 17.8 Å². The first-order valence-corrected chi connectivity index (χ1v) is 5.94. The normalized spacial score (nSPS) is 9.78. The highest BCUT2D eigenvalue weighted by molar-refractivity contribution is 5.88. The second-order valence-electron chi connectivity index (χ2n) is 4.45. The summed E-state index contributed by atoms with van der Waals surface area (Å²) in [5.41, 5.74) is 0.852. The van der Waals surface area contributed by atoms with Gasteiger partial charge in [-0.05, 0) is 30.5 Å². The Balaban J connectivity index is 2.90. The van der Waals surface area contributed by atoms with E-state index in [0.29, 0.717) is 17.2 Å². The van der Waals surface area contributed by atoms with Crippen molar-refractivity contribution in [3.63, 3.8) is 0 Å². The molecule has 0 amide bonds. The van der Waals surface area contributed by atoms with Crippen LogP contribution in [0.4, 0.5) is 0 Å². The van der Waals surface area contributed by atoms with Gasteiger partial charge in [0.1, 0.15) is 5.75 Å². The summed E-state index contributed by atoms with van der Waals surface area (Å²) in [5, 5.41) is 8.93. The van der Waals surface area contributed by atoms with E-state index in [1.807, 2.05) is 0 Å². The molecule has 0 aromatic heterocycles. The Labute approximate surface area is 108 Å². The Morgan fingerprint density at radius 2 is 2.17 bits per heavy atom. The number of hydrogen-bond acceptors (Lipinski definition) is 2. The average molecular weight is 246 g/mol. The van der Waals surface area contributed by atoms with Crippen LogP contribution in [0.5, 0.6) is 5.75 Å². The first kappa shape index (κ1) is 14.1. The van der Waals surface area contributed by atoms with Gasteiger partial charge in [0.2, 0.25) is 0 Å². The van der Waals surface area contributed by atoms with Gasteiger partial charge in [-0.1, -0.05) is 25.7 Å². The lowest BCUT2D eigenvalue weighted by Crippen LogP contribution is -1.98. The molecular formula is C15H18O3. The van der Waals surface area contributed by atoms with E-state index in [0.717, 1.165) is 12.8 Å². The number of carboxylic acids is 1. The van der Waals surface area contributed by atoms with E-state index < -0.39 is 5.97 Å². The molecule has 0 unspecified atom stereocenters. The van der Waals surface area contributed by atoms with Gasteiger partial charge in [0, 0.05) is 6.42 Å². The lowest BCUT2D eigenvalue weighted by Gasteiger charge is -2.04. The summed E-state index contributed by atoms with van der Waals surface area (Å²) in [6, 6.07) is 4.69. The Morgan fingerprint density at radius 1 is 1.44 bits per heavy atom. The van der Waals surface area contributed by atoms with Crippen molar-refractivity contribution in [1.29, 1.82) is 0 Å². The van der Waals surface area contributed by atoms with E-state index in [1.165, 1.54) is 6.07 Å². The number of carbonyl (C=O) groups is 1. The Bertz CT molecular complexity index is 478. The predicted octanol–water partition coefficient (Wildman–Crippen LogP) is 3.18. The fourth-order valence-electron chi connectivity index (χ4n) is 1.46. The van der Waals surface area contributed by atoms with E-state index in [4.69, 9.17) is 9.84 Å². The fraction of sp³-hybridized carbons (Fsp3) is 0.400. The molecule has 18 heavy (non-hydrogen) atoms. The van der Waals surface area contributed by atoms with Crippen molar-refractivity contribution in [1.82, 2.24) is 0 Å². The van der Waals surface area contributed by atoms with E-state index in [2.05, 4.69) is 25.7 Å². The smallest absolute Gasteiger partial charge is 0.335 e. The molecule has 0 heterocycles. The molecule has 3 heteroatoms. The average Bonchev–Trinajstić information content (AvgIpc) is 2.34. The molecule has 0 atom stereocenters. The molecule has 0 aliphatic heterocycles. The zero-order chi connectivity index (χ0) is 13.5. The number of aromatic carboxylic acids is 1. The Hall–Kier alpha value is -1.95. The number of methoxy groups -OCH3 is 1. The highest BCUT2D eigenvalue weighted by Gasteiger charge is 2.06. The molecule has 96 valence electrons. The summed E-state index contributed by atoms with van der Waals surface area (Å²) in [6.45, 7) is 4.29. The highest BCUT2D eigenvalue weighted by atomic mass is 16.5. The topological polar surface area (TPSA) is 46.5 Å². The van der Waals surface area contributed by atoms with Crippen molar-refractivity contribution in [2.75, 3.05) is 7.11 Å². The summed E-state index contributed by atoms with van der Waals surface area (Å²) in [6.07, 6.45) is 1.84. The SMILES string of the molecule is COc1ccc(C(=O)O)cc1C#CCCC(C)C. The quantitative estimate of drug-likeness (QED) is 0.830. The number of ether oxygens (including phenoxy) is 1. The molecule has 0 fully saturated rings. The molecule has 1 rings (SSSR count). The number of rotatable bonds is 4. The zero-order valence-electron chi connectivity index (χ0n) is 11.0. The van der Waals surface area contributed by atoms with Gasteiger partial charge < -0.3 is 9.84 Å². The fourth-order valence-corrected chi connectivity index (χ4v) is 1.46. The van der Waals surface area contributed by atoms with Gasteiger partial charge in [-0.25, -0.2) is 4.79 Å². The first-order chi connectivity index (χ1) is 8.54. The van der Waals surface area contributed by atoms with Gasteiger partial charge in [-0.3, -0.25) is 0 Å². The second-order valence-corrected chi connectivity index (χ2v) is 4.45. The number of hydrogen-bond donors (Lipinski definition) is 1. The molecular weight excluding hydrogens is 228 g/mol. The summed E-state index contributed by atoms with van der Waals surface area (Å²) in [4.78, 5) is 10.9. The van der Waals surface area contributed by atoms with E-state index >= 15 is 0 Å². The zero-order valence-corrected chi connectivity index (χ0v) is 11.0. The maximum Gasteiger partial charge on any atom is 0.335 e. The minimum absolute atomic E-state index is 0.226. The molecule has 0 saturated heterocycles. The first-order valence-electron chi connectivity index (χ1n) is 5.94. The molecule has 1 aromatic carbocycles. The Kier molecular flexibility index (Phi) is 5.26. The number of carboxylic acid groups (broad SMARTS) is 1. The van der Waals surface area contributed by atoms with Gasteiger partial charge in [-0.2, -0.15) is 0 Å². The van der Waals surface area contributed by atoms with Crippen LogP contribution in [0.2, 0.25) is 0 Å². The minimum atomic E-state index is -0.956. The third-order valence-corrected chi connectivity index (χ3v) is 2.52. The van der Waals surface area contributed by atoms with Crippen molar-refractivity contribution in [2.24, 2.45) is 5.92 Å². The summed E-state index contributed by atoms with van der Waals surface area (Å²) in [7, 11) is 1.55. The van der Waals surface area contributed by atoms with Gasteiger partial charge in [-0.15, -0.1) is 0 Å². The molecule has 1 N–H and O–H groups in total. The van der Waals surface area contributed by atoms with Gasteiger partial charge >= 0.3 is 5.97 Å². The molecule has 0 radical (unpaired) electrons. The maximum absolute atomic E-state index is 10.9. The lowest BCUT2D eigenvalue weighted by atomic mass is 10.1. The largest absolute Gasteiger partial charge is 0.495 e. The Morgan fingerprint density at radius 3 is 2.72 bits per heavy atom. The van der Waals surface area contributed by atoms with Gasteiger partial charge in [0.25, 0.3) is 0 Å². The molecule has 3 nitrogen and oxygen atoms in total. The van der Waals surface area contributed by atoms with Crippen molar-refractivity contribution >= 4 is 5.97 Å². The van der Waals surface area contributed by atoms with E-state index in [-0.39, 0.29) is 5.56 Å². The monoisotopic (exact) mass is 246 g/mol. The summed E-state index contributed by atoms with van der Waals surface area (Å²) >= 11 is 0. The highest BCUT2D eigenvalue weighted by Crippen LogP contribution is 2.19. The van der Waals surface area contributed by atoms with Crippen molar-refractivity contribution < 1.29 is 14.6 Å². The van der Waals surface area contributed by atoms with Crippen LogP contribution in [0.25, 0.3) is 0 Å². The van der Waals surface area contributed by atoms with Crippen LogP contribution < -0.4 is 4.74 Å². The standard InChI is InChI=1S/C15H18O3/c1-11(2)6-4-5-7-12-10-13(15(16)17)8-9-14(12)18-3/h8-11H,4,6H2,1-3H3,(H,16,17). The summed E-state index contributed by atoms with van der Waals surface area (Å²) in [5.74, 6) is 6.30. The maximum atomic E-state index is 10.9. The molecule has 0 aliphatic rings. The third kappa shape index (κ3) is 4.14. The van der Waals surface area contributed by atoms with Crippen LogP contribution in [0.15, 0.2) is 18.2 Å².